The summed E-state index contributed by atoms with van der Waals surface area (Å²) in [5, 5.41) is 5.60. The number of thiophene rings is 1. The highest BCUT2D eigenvalue weighted by Gasteiger charge is 2.13. The van der Waals surface area contributed by atoms with E-state index >= 15 is 0 Å². The number of furan rings is 1. The Kier molecular flexibility index (Phi) is 3.36. The SMILES string of the molecule is CC(N[C@@H](C)c1ccco1)c1cnc2ccsc2c1. The molecule has 0 spiro atoms. The van der Waals surface area contributed by atoms with Gasteiger partial charge in [0.05, 0.1) is 22.5 Å². The fraction of sp³-hybridized carbons (Fsp3) is 0.267. The third-order valence-corrected chi connectivity index (χ3v) is 4.15. The summed E-state index contributed by atoms with van der Waals surface area (Å²) < 4.78 is 6.65. The van der Waals surface area contributed by atoms with Gasteiger partial charge in [0.15, 0.2) is 0 Å². The highest BCUT2D eigenvalue weighted by molar-refractivity contribution is 7.17. The van der Waals surface area contributed by atoms with Gasteiger partial charge in [-0.15, -0.1) is 11.3 Å². The quantitative estimate of drug-likeness (QED) is 0.769. The first-order chi connectivity index (χ1) is 9.24. The summed E-state index contributed by atoms with van der Waals surface area (Å²) in [5.41, 5.74) is 2.27. The zero-order valence-electron chi connectivity index (χ0n) is 11.0. The number of nitrogens with zero attached hydrogens (tertiary/aromatic N) is 1. The van der Waals surface area contributed by atoms with Gasteiger partial charge >= 0.3 is 0 Å². The lowest BCUT2D eigenvalue weighted by molar-refractivity contribution is 0.403. The first kappa shape index (κ1) is 12.4. The molecule has 3 aromatic heterocycles. The lowest BCUT2D eigenvalue weighted by atomic mass is 10.1. The van der Waals surface area contributed by atoms with Crippen molar-refractivity contribution in [2.75, 3.05) is 0 Å². The van der Waals surface area contributed by atoms with Crippen LogP contribution in [0.2, 0.25) is 0 Å². The molecule has 1 N–H and O–H groups in total. The second kappa shape index (κ2) is 5.15. The van der Waals surface area contributed by atoms with Crippen LogP contribution in [-0.2, 0) is 0 Å². The second-order valence-corrected chi connectivity index (χ2v) is 5.65. The Morgan fingerprint density at radius 3 is 2.95 bits per heavy atom. The molecule has 0 aliphatic heterocycles. The van der Waals surface area contributed by atoms with Crippen molar-refractivity contribution in [2.24, 2.45) is 0 Å². The lowest BCUT2D eigenvalue weighted by Gasteiger charge is -2.18. The van der Waals surface area contributed by atoms with Crippen LogP contribution in [0.3, 0.4) is 0 Å². The molecule has 0 bridgehead atoms. The van der Waals surface area contributed by atoms with Crippen LogP contribution in [0, 0.1) is 0 Å². The average Bonchev–Trinajstić information content (AvgIpc) is 3.09. The number of aromatic nitrogens is 1. The number of hydrogen-bond acceptors (Lipinski definition) is 4. The van der Waals surface area contributed by atoms with Gasteiger partial charge in [0.2, 0.25) is 0 Å². The first-order valence-corrected chi connectivity index (χ1v) is 7.24. The molecule has 3 rings (SSSR count). The van der Waals surface area contributed by atoms with Gasteiger partial charge < -0.3 is 9.73 Å². The third kappa shape index (κ3) is 2.55. The van der Waals surface area contributed by atoms with Gasteiger partial charge in [-0.1, -0.05) is 0 Å². The fourth-order valence-corrected chi connectivity index (χ4v) is 2.98. The van der Waals surface area contributed by atoms with Crippen LogP contribution in [0.1, 0.15) is 37.3 Å². The highest BCUT2D eigenvalue weighted by atomic mass is 32.1. The number of pyridine rings is 1. The molecule has 1 unspecified atom stereocenters. The van der Waals surface area contributed by atoms with Gasteiger partial charge in [0.1, 0.15) is 5.76 Å². The Morgan fingerprint density at radius 1 is 1.26 bits per heavy atom. The summed E-state index contributed by atoms with van der Waals surface area (Å²) in [4.78, 5) is 4.48. The molecule has 0 amide bonds. The lowest BCUT2D eigenvalue weighted by Crippen LogP contribution is -2.22. The van der Waals surface area contributed by atoms with Gasteiger partial charge in [-0.2, -0.15) is 0 Å². The Labute approximate surface area is 116 Å². The van der Waals surface area contributed by atoms with Gasteiger partial charge in [0, 0.05) is 12.2 Å². The molecular weight excluding hydrogens is 256 g/mol. The third-order valence-electron chi connectivity index (χ3n) is 3.29. The second-order valence-electron chi connectivity index (χ2n) is 4.70. The summed E-state index contributed by atoms with van der Waals surface area (Å²) in [7, 11) is 0. The molecule has 0 saturated heterocycles. The Hall–Kier alpha value is -1.65. The van der Waals surface area contributed by atoms with Crippen LogP contribution >= 0.6 is 11.3 Å². The van der Waals surface area contributed by atoms with Crippen LogP contribution < -0.4 is 5.32 Å². The van der Waals surface area contributed by atoms with Crippen molar-refractivity contribution in [3.8, 4) is 0 Å². The van der Waals surface area contributed by atoms with E-state index in [0.29, 0.717) is 0 Å². The van der Waals surface area contributed by atoms with Crippen molar-refractivity contribution in [1.29, 1.82) is 0 Å². The summed E-state index contributed by atoms with van der Waals surface area (Å²) in [6, 6.07) is 8.58. The molecule has 19 heavy (non-hydrogen) atoms. The van der Waals surface area contributed by atoms with E-state index < -0.39 is 0 Å². The molecule has 0 fully saturated rings. The van der Waals surface area contributed by atoms with Crippen LogP contribution in [0.5, 0.6) is 0 Å². The number of fused-ring (bicyclic) bond motifs is 1. The van der Waals surface area contributed by atoms with E-state index in [9.17, 15) is 0 Å². The zero-order chi connectivity index (χ0) is 13.2. The molecule has 4 heteroatoms. The fourth-order valence-electron chi connectivity index (χ4n) is 2.19. The van der Waals surface area contributed by atoms with Gasteiger partial charge in [-0.05, 0) is 49.1 Å². The predicted octanol–water partition coefficient (Wildman–Crippen LogP) is 4.30. The van der Waals surface area contributed by atoms with Crippen molar-refractivity contribution >= 4 is 21.6 Å². The number of nitrogens with one attached hydrogen (secondary N) is 1. The normalized spacial score (nSPS) is 14.6. The van der Waals surface area contributed by atoms with E-state index in [1.807, 2.05) is 24.4 Å². The van der Waals surface area contributed by atoms with E-state index in [2.05, 4.69) is 35.6 Å². The largest absolute Gasteiger partial charge is 0.468 e. The standard InChI is InChI=1S/C15H16N2OS/c1-10(17-11(2)14-4-3-6-18-14)12-8-15-13(16-9-12)5-7-19-15/h3-11,17H,1-2H3/t10?,11-/m0/s1. The van der Waals surface area contributed by atoms with Crippen molar-refractivity contribution in [1.82, 2.24) is 10.3 Å². The summed E-state index contributed by atoms with van der Waals surface area (Å²) in [6.07, 6.45) is 3.65. The van der Waals surface area contributed by atoms with Gasteiger partial charge in [0.25, 0.3) is 0 Å². The average molecular weight is 272 g/mol. The zero-order valence-corrected chi connectivity index (χ0v) is 11.8. The molecule has 3 nitrogen and oxygen atoms in total. The molecule has 2 atom stereocenters. The maximum Gasteiger partial charge on any atom is 0.120 e. The maximum atomic E-state index is 5.41. The summed E-state index contributed by atoms with van der Waals surface area (Å²) >= 11 is 1.73. The van der Waals surface area contributed by atoms with Crippen LogP contribution in [0.4, 0.5) is 0 Å². The van der Waals surface area contributed by atoms with Crippen molar-refractivity contribution in [3.63, 3.8) is 0 Å². The minimum atomic E-state index is 0.184. The van der Waals surface area contributed by atoms with E-state index in [1.165, 1.54) is 10.3 Å². The van der Waals surface area contributed by atoms with Crippen molar-refractivity contribution in [2.45, 2.75) is 25.9 Å². The predicted molar refractivity (Wildman–Crippen MR) is 78.3 cm³/mol. The van der Waals surface area contributed by atoms with Crippen LogP contribution in [-0.4, -0.2) is 4.98 Å². The van der Waals surface area contributed by atoms with Gasteiger partial charge in [-0.3, -0.25) is 4.98 Å². The Balaban J connectivity index is 1.77. The highest BCUT2D eigenvalue weighted by Crippen LogP contribution is 2.24. The van der Waals surface area contributed by atoms with Crippen molar-refractivity contribution < 1.29 is 4.42 Å². The molecule has 0 aromatic carbocycles. The van der Waals surface area contributed by atoms with Crippen LogP contribution in [0.15, 0.2) is 46.5 Å². The molecule has 98 valence electrons. The first-order valence-electron chi connectivity index (χ1n) is 6.36. The molecule has 0 aliphatic carbocycles. The smallest absolute Gasteiger partial charge is 0.120 e. The van der Waals surface area contributed by atoms with Crippen LogP contribution in [0.25, 0.3) is 10.2 Å². The van der Waals surface area contributed by atoms with E-state index in [0.717, 1.165) is 11.3 Å². The summed E-state index contributed by atoms with van der Waals surface area (Å²) in [6.45, 7) is 4.25. The Morgan fingerprint density at radius 2 is 2.16 bits per heavy atom. The number of hydrogen-bond donors (Lipinski definition) is 1. The van der Waals surface area contributed by atoms with Crippen molar-refractivity contribution in [3.05, 3.63) is 53.4 Å². The monoisotopic (exact) mass is 272 g/mol. The molecule has 3 aromatic rings. The molecule has 3 heterocycles. The molecule has 0 radical (unpaired) electrons. The summed E-state index contributed by atoms with van der Waals surface area (Å²) in [5.74, 6) is 0.956. The molecule has 0 aliphatic rings. The minimum Gasteiger partial charge on any atom is -0.468 e. The molecule has 0 saturated carbocycles. The van der Waals surface area contributed by atoms with E-state index in [-0.39, 0.29) is 12.1 Å². The molecular formula is C15H16N2OS. The topological polar surface area (TPSA) is 38.1 Å². The van der Waals surface area contributed by atoms with E-state index in [1.54, 1.807) is 17.6 Å². The Bertz CT molecular complexity index is 660. The van der Waals surface area contributed by atoms with Gasteiger partial charge in [-0.25, -0.2) is 0 Å². The number of rotatable bonds is 4. The van der Waals surface area contributed by atoms with E-state index in [4.69, 9.17) is 4.42 Å². The minimum absolute atomic E-state index is 0.184. The maximum absolute atomic E-state index is 5.41.